The molecule has 0 radical (unpaired) electrons. The average molecular weight is 407 g/mol. The van der Waals surface area contributed by atoms with Crippen LogP contribution in [-0.4, -0.2) is 33.1 Å². The molecule has 3 aromatic rings. The summed E-state index contributed by atoms with van der Waals surface area (Å²) in [6.07, 6.45) is 1.80. The maximum absolute atomic E-state index is 12.9. The Kier molecular flexibility index (Phi) is 6.57. The number of carbonyl (C=O) groups is 2. The first-order valence-electron chi connectivity index (χ1n) is 10.0. The number of hydrogen-bond acceptors (Lipinski definition) is 5. The van der Waals surface area contributed by atoms with Crippen molar-refractivity contribution >= 4 is 11.8 Å². The van der Waals surface area contributed by atoms with Gasteiger partial charge in [-0.15, -0.1) is 0 Å². The molecule has 2 N–H and O–H groups in total. The van der Waals surface area contributed by atoms with Crippen LogP contribution in [0.2, 0.25) is 0 Å². The predicted octanol–water partition coefficient (Wildman–Crippen LogP) is 5.11. The number of aromatic hydroxyl groups is 2. The van der Waals surface area contributed by atoms with Gasteiger partial charge in [0.2, 0.25) is 5.88 Å². The zero-order valence-electron chi connectivity index (χ0n) is 17.1. The number of ether oxygens (including phenoxy) is 1. The second-order valence-electron chi connectivity index (χ2n) is 6.89. The molecule has 0 atom stereocenters. The summed E-state index contributed by atoms with van der Waals surface area (Å²) in [6.45, 7) is 3.99. The van der Waals surface area contributed by atoms with Crippen molar-refractivity contribution in [3.63, 3.8) is 0 Å². The number of unbranched alkanes of at least 4 members (excludes halogenated alkanes) is 1. The number of Topliss-reactive ketones (excluding diaryl/α,β-unsaturated/α-hetero) is 1. The number of nitrogens with zero attached hydrogens (tertiary/aromatic N) is 1. The number of aromatic nitrogens is 1. The molecule has 1 heterocycles. The van der Waals surface area contributed by atoms with Gasteiger partial charge in [-0.1, -0.05) is 43.7 Å². The van der Waals surface area contributed by atoms with Crippen LogP contribution in [0.1, 0.15) is 53.8 Å². The van der Waals surface area contributed by atoms with Crippen molar-refractivity contribution in [3.05, 3.63) is 65.7 Å². The van der Waals surface area contributed by atoms with Gasteiger partial charge >= 0.3 is 5.97 Å². The molecule has 0 aliphatic rings. The van der Waals surface area contributed by atoms with Crippen molar-refractivity contribution in [1.82, 2.24) is 4.57 Å². The van der Waals surface area contributed by atoms with Crippen LogP contribution in [0.25, 0.3) is 16.9 Å². The summed E-state index contributed by atoms with van der Waals surface area (Å²) >= 11 is 0. The monoisotopic (exact) mass is 407 g/mol. The molecule has 2 aromatic carbocycles. The van der Waals surface area contributed by atoms with Gasteiger partial charge in [-0.2, -0.15) is 0 Å². The molecule has 1 aromatic heterocycles. The lowest BCUT2D eigenvalue weighted by atomic mass is 10.0. The topological polar surface area (TPSA) is 88.8 Å². The van der Waals surface area contributed by atoms with Crippen molar-refractivity contribution in [2.75, 3.05) is 6.61 Å². The molecule has 0 aliphatic heterocycles. The van der Waals surface area contributed by atoms with Crippen LogP contribution in [0.5, 0.6) is 11.6 Å². The van der Waals surface area contributed by atoms with E-state index in [1.165, 1.54) is 4.57 Å². The lowest BCUT2D eigenvalue weighted by molar-refractivity contribution is 0.0526. The van der Waals surface area contributed by atoms with E-state index in [0.717, 1.165) is 6.42 Å². The summed E-state index contributed by atoms with van der Waals surface area (Å²) in [5.41, 5.74) is 2.07. The molecule has 6 nitrogen and oxygen atoms in total. The Labute approximate surface area is 175 Å². The van der Waals surface area contributed by atoms with Crippen LogP contribution < -0.4 is 0 Å². The van der Waals surface area contributed by atoms with E-state index in [2.05, 4.69) is 0 Å². The molecule has 30 heavy (non-hydrogen) atoms. The van der Waals surface area contributed by atoms with Gasteiger partial charge < -0.3 is 14.9 Å². The summed E-state index contributed by atoms with van der Waals surface area (Å²) in [7, 11) is 0. The minimum Gasteiger partial charge on any atom is -0.503 e. The van der Waals surface area contributed by atoms with Gasteiger partial charge in [0.15, 0.2) is 11.5 Å². The number of carbonyl (C=O) groups excluding carboxylic acids is 2. The van der Waals surface area contributed by atoms with Gasteiger partial charge in [-0.25, -0.2) is 4.79 Å². The van der Waals surface area contributed by atoms with Crippen LogP contribution >= 0.6 is 0 Å². The molecule has 0 bridgehead atoms. The molecule has 0 unspecified atom stereocenters. The highest BCUT2D eigenvalue weighted by molar-refractivity contribution is 6.05. The minimum absolute atomic E-state index is 0.0987. The van der Waals surface area contributed by atoms with Crippen LogP contribution in [0.3, 0.4) is 0 Å². The zero-order chi connectivity index (χ0) is 21.7. The fourth-order valence-electron chi connectivity index (χ4n) is 3.36. The molecular weight excluding hydrogens is 382 g/mol. The van der Waals surface area contributed by atoms with E-state index >= 15 is 0 Å². The van der Waals surface area contributed by atoms with Gasteiger partial charge in [-0.3, -0.25) is 9.36 Å². The van der Waals surface area contributed by atoms with Crippen molar-refractivity contribution in [2.45, 2.75) is 33.1 Å². The molecular formula is C24H25NO5. The van der Waals surface area contributed by atoms with Crippen LogP contribution in [0.4, 0.5) is 0 Å². The van der Waals surface area contributed by atoms with Crippen molar-refractivity contribution in [1.29, 1.82) is 0 Å². The first-order chi connectivity index (χ1) is 14.5. The van der Waals surface area contributed by atoms with Gasteiger partial charge in [0.05, 0.1) is 23.4 Å². The largest absolute Gasteiger partial charge is 0.503 e. The van der Waals surface area contributed by atoms with E-state index in [-0.39, 0.29) is 24.4 Å². The zero-order valence-corrected chi connectivity index (χ0v) is 17.1. The van der Waals surface area contributed by atoms with Gasteiger partial charge in [0.25, 0.3) is 0 Å². The molecule has 0 amide bonds. The molecule has 156 valence electrons. The third-order valence-corrected chi connectivity index (χ3v) is 4.84. The number of benzene rings is 2. The van der Waals surface area contributed by atoms with E-state index in [1.807, 2.05) is 37.3 Å². The Bertz CT molecular complexity index is 1040. The number of rotatable bonds is 8. The first kappa shape index (κ1) is 21.2. The van der Waals surface area contributed by atoms with Crippen molar-refractivity contribution in [3.8, 4) is 28.6 Å². The maximum Gasteiger partial charge on any atom is 0.338 e. The highest BCUT2D eigenvalue weighted by Crippen LogP contribution is 2.43. The molecule has 0 saturated heterocycles. The Balaban J connectivity index is 2.17. The molecule has 3 rings (SSSR count). The third kappa shape index (κ3) is 4.08. The Hall–Kier alpha value is -3.54. The predicted molar refractivity (Wildman–Crippen MR) is 114 cm³/mol. The Morgan fingerprint density at radius 1 is 0.967 bits per heavy atom. The first-order valence-corrected chi connectivity index (χ1v) is 10.0. The summed E-state index contributed by atoms with van der Waals surface area (Å²) in [6, 6.07) is 15.6. The second kappa shape index (κ2) is 9.31. The summed E-state index contributed by atoms with van der Waals surface area (Å²) in [5, 5.41) is 21.4. The third-order valence-electron chi connectivity index (χ3n) is 4.84. The average Bonchev–Trinajstić information content (AvgIpc) is 3.03. The van der Waals surface area contributed by atoms with Crippen molar-refractivity contribution in [2.24, 2.45) is 0 Å². The maximum atomic E-state index is 12.9. The van der Waals surface area contributed by atoms with E-state index in [9.17, 15) is 19.8 Å². The Morgan fingerprint density at radius 2 is 1.63 bits per heavy atom. The standard InChI is InChI=1S/C24H25NO5/c1-3-5-11-19(26)20-21(16-9-7-6-8-10-16)25(23(28)22(20)27)18-14-12-17(13-15-18)24(29)30-4-2/h6-10,12-15,27-28H,3-5,11H2,1-2H3. The summed E-state index contributed by atoms with van der Waals surface area (Å²) in [5.74, 6) is -1.53. The SMILES string of the molecule is CCCCC(=O)c1c(O)c(O)n(-c2ccc(C(=O)OCC)cc2)c1-c1ccccc1. The van der Waals surface area contributed by atoms with Gasteiger partial charge in [-0.05, 0) is 43.2 Å². The van der Waals surface area contributed by atoms with Crippen molar-refractivity contribution < 1.29 is 24.5 Å². The van der Waals surface area contributed by atoms with E-state index in [4.69, 9.17) is 4.74 Å². The normalized spacial score (nSPS) is 10.7. The Morgan fingerprint density at radius 3 is 2.23 bits per heavy atom. The van der Waals surface area contributed by atoms with Crippen LogP contribution in [0.15, 0.2) is 54.6 Å². The molecule has 0 aliphatic carbocycles. The fraction of sp³-hybridized carbons (Fsp3) is 0.250. The van der Waals surface area contributed by atoms with Crippen LogP contribution in [-0.2, 0) is 4.74 Å². The van der Waals surface area contributed by atoms with E-state index in [0.29, 0.717) is 28.9 Å². The van der Waals surface area contributed by atoms with Gasteiger partial charge in [0.1, 0.15) is 0 Å². The smallest absolute Gasteiger partial charge is 0.338 e. The lowest BCUT2D eigenvalue weighted by Crippen LogP contribution is -2.06. The molecule has 6 heteroatoms. The minimum atomic E-state index is -0.442. The quantitative estimate of drug-likeness (QED) is 0.400. The fourth-order valence-corrected chi connectivity index (χ4v) is 3.36. The highest BCUT2D eigenvalue weighted by atomic mass is 16.5. The molecule has 0 saturated carbocycles. The van der Waals surface area contributed by atoms with Gasteiger partial charge in [0, 0.05) is 12.1 Å². The van der Waals surface area contributed by atoms with Crippen LogP contribution in [0, 0.1) is 0 Å². The number of ketones is 1. The molecule has 0 spiro atoms. The number of esters is 1. The van der Waals surface area contributed by atoms with E-state index < -0.39 is 17.6 Å². The highest BCUT2D eigenvalue weighted by Gasteiger charge is 2.28. The number of hydrogen-bond donors (Lipinski definition) is 2. The van der Waals surface area contributed by atoms with E-state index in [1.54, 1.807) is 31.2 Å². The second-order valence-corrected chi connectivity index (χ2v) is 6.89. The lowest BCUT2D eigenvalue weighted by Gasteiger charge is -2.12. The summed E-state index contributed by atoms with van der Waals surface area (Å²) < 4.78 is 6.43. The molecule has 0 fully saturated rings. The summed E-state index contributed by atoms with van der Waals surface area (Å²) in [4.78, 5) is 24.8.